The molecule has 0 amide bonds. The van der Waals surface area contributed by atoms with Crippen LogP contribution >= 0.6 is 0 Å². The summed E-state index contributed by atoms with van der Waals surface area (Å²) in [4.78, 5) is 0. The lowest BCUT2D eigenvalue weighted by atomic mass is 9.87. The molecular weight excluding hydrogens is 328 g/mol. The standard InChI is InChI=1S/C25H42N2/c1-6-9-16-25(5,18-20(4)13-7-2)26-19-22(8-3)27-24-17-23(24)21-14-11-10-12-15-21/h10-15,22-24,26-27H,6-9,16-19H2,1-5H3/b20-13-. The maximum Gasteiger partial charge on any atom is 0.0192 e. The summed E-state index contributed by atoms with van der Waals surface area (Å²) >= 11 is 0. The summed E-state index contributed by atoms with van der Waals surface area (Å²) in [5, 5.41) is 7.87. The zero-order valence-electron chi connectivity index (χ0n) is 18.4. The van der Waals surface area contributed by atoms with Crippen LogP contribution in [0.2, 0.25) is 0 Å². The molecule has 2 nitrogen and oxygen atoms in total. The third-order valence-electron chi connectivity index (χ3n) is 6.04. The van der Waals surface area contributed by atoms with Crippen molar-refractivity contribution in [2.45, 2.75) is 103 Å². The second kappa shape index (κ2) is 11.0. The van der Waals surface area contributed by atoms with Crippen molar-refractivity contribution in [2.75, 3.05) is 6.54 Å². The lowest BCUT2D eigenvalue weighted by molar-refractivity contribution is 0.296. The molecule has 0 aromatic heterocycles. The topological polar surface area (TPSA) is 24.1 Å². The summed E-state index contributed by atoms with van der Waals surface area (Å²) in [7, 11) is 0. The van der Waals surface area contributed by atoms with Gasteiger partial charge in [0.15, 0.2) is 0 Å². The van der Waals surface area contributed by atoms with E-state index in [1.165, 1.54) is 43.2 Å². The van der Waals surface area contributed by atoms with Crippen molar-refractivity contribution < 1.29 is 0 Å². The first-order valence-corrected chi connectivity index (χ1v) is 11.2. The number of hydrogen-bond acceptors (Lipinski definition) is 2. The molecule has 1 aliphatic carbocycles. The van der Waals surface area contributed by atoms with Crippen LogP contribution in [-0.4, -0.2) is 24.2 Å². The summed E-state index contributed by atoms with van der Waals surface area (Å²) in [6.07, 6.45) is 11.0. The number of rotatable bonds is 13. The molecule has 1 fully saturated rings. The van der Waals surface area contributed by atoms with Gasteiger partial charge in [0.1, 0.15) is 0 Å². The Balaban J connectivity index is 1.87. The first-order valence-electron chi connectivity index (χ1n) is 11.2. The Morgan fingerprint density at radius 2 is 1.96 bits per heavy atom. The summed E-state index contributed by atoms with van der Waals surface area (Å²) in [6.45, 7) is 12.6. The fourth-order valence-corrected chi connectivity index (χ4v) is 4.28. The molecule has 1 saturated carbocycles. The zero-order chi connectivity index (χ0) is 19.7. The van der Waals surface area contributed by atoms with Crippen molar-refractivity contribution in [2.24, 2.45) is 0 Å². The molecule has 1 aromatic rings. The maximum absolute atomic E-state index is 3.96. The van der Waals surface area contributed by atoms with E-state index in [1.54, 1.807) is 0 Å². The number of unbranched alkanes of at least 4 members (excludes halogenated alkanes) is 1. The normalized spacial score (nSPS) is 23.1. The van der Waals surface area contributed by atoms with E-state index >= 15 is 0 Å². The van der Waals surface area contributed by atoms with E-state index in [-0.39, 0.29) is 5.54 Å². The molecule has 152 valence electrons. The smallest absolute Gasteiger partial charge is 0.0192 e. The highest BCUT2D eigenvalue weighted by Gasteiger charge is 2.39. The molecule has 2 heteroatoms. The maximum atomic E-state index is 3.96. The van der Waals surface area contributed by atoms with E-state index in [2.05, 4.69) is 81.7 Å². The molecule has 0 saturated heterocycles. The van der Waals surface area contributed by atoms with Crippen LogP contribution in [0.3, 0.4) is 0 Å². The fraction of sp³-hybridized carbons (Fsp3) is 0.680. The van der Waals surface area contributed by atoms with Crippen LogP contribution in [0.25, 0.3) is 0 Å². The van der Waals surface area contributed by atoms with E-state index in [1.807, 2.05) is 0 Å². The van der Waals surface area contributed by atoms with Gasteiger partial charge in [0, 0.05) is 30.1 Å². The minimum Gasteiger partial charge on any atom is -0.310 e. The Morgan fingerprint density at radius 3 is 2.59 bits per heavy atom. The van der Waals surface area contributed by atoms with Crippen LogP contribution in [0.15, 0.2) is 42.0 Å². The quantitative estimate of drug-likeness (QED) is 0.404. The average molecular weight is 371 g/mol. The molecule has 0 spiro atoms. The SMILES string of the molecule is CC/C=C(/C)CC(C)(CCCC)NCC(CC)NC1CC1c1ccccc1. The highest BCUT2D eigenvalue weighted by atomic mass is 15.1. The number of hydrogen-bond donors (Lipinski definition) is 2. The second-order valence-electron chi connectivity index (χ2n) is 8.81. The molecule has 2 rings (SSSR count). The van der Waals surface area contributed by atoms with Crippen molar-refractivity contribution in [3.05, 3.63) is 47.5 Å². The summed E-state index contributed by atoms with van der Waals surface area (Å²) in [5.74, 6) is 0.710. The highest BCUT2D eigenvalue weighted by molar-refractivity contribution is 5.27. The fourth-order valence-electron chi connectivity index (χ4n) is 4.28. The monoisotopic (exact) mass is 370 g/mol. The van der Waals surface area contributed by atoms with E-state index < -0.39 is 0 Å². The number of nitrogens with one attached hydrogen (secondary N) is 2. The Morgan fingerprint density at radius 1 is 1.22 bits per heavy atom. The predicted molar refractivity (Wildman–Crippen MR) is 119 cm³/mol. The number of benzene rings is 1. The Bertz CT molecular complexity index is 565. The molecule has 4 atom stereocenters. The molecular formula is C25H42N2. The van der Waals surface area contributed by atoms with Crippen LogP contribution in [0.4, 0.5) is 0 Å². The minimum atomic E-state index is 0.212. The third kappa shape index (κ3) is 7.43. The molecule has 0 heterocycles. The largest absolute Gasteiger partial charge is 0.310 e. The average Bonchev–Trinajstić information content (AvgIpc) is 3.43. The molecule has 0 aliphatic heterocycles. The molecule has 0 radical (unpaired) electrons. The van der Waals surface area contributed by atoms with Gasteiger partial charge < -0.3 is 10.6 Å². The Labute approximate surface area is 168 Å². The van der Waals surface area contributed by atoms with E-state index in [4.69, 9.17) is 0 Å². The van der Waals surface area contributed by atoms with Gasteiger partial charge >= 0.3 is 0 Å². The second-order valence-corrected chi connectivity index (χ2v) is 8.81. The van der Waals surface area contributed by atoms with Gasteiger partial charge in [-0.2, -0.15) is 0 Å². The number of allylic oxidation sites excluding steroid dienone is 1. The summed E-state index contributed by atoms with van der Waals surface area (Å²) < 4.78 is 0. The molecule has 1 aromatic carbocycles. The zero-order valence-corrected chi connectivity index (χ0v) is 18.4. The van der Waals surface area contributed by atoms with Crippen LogP contribution in [-0.2, 0) is 0 Å². The molecule has 1 aliphatic rings. The van der Waals surface area contributed by atoms with Crippen LogP contribution in [0.5, 0.6) is 0 Å². The summed E-state index contributed by atoms with van der Waals surface area (Å²) in [6, 6.07) is 12.2. The Kier molecular flexibility index (Phi) is 9.05. The molecule has 0 bridgehead atoms. The van der Waals surface area contributed by atoms with E-state index in [9.17, 15) is 0 Å². The predicted octanol–water partition coefficient (Wildman–Crippen LogP) is 6.20. The van der Waals surface area contributed by atoms with Crippen LogP contribution < -0.4 is 10.6 Å². The van der Waals surface area contributed by atoms with Gasteiger partial charge in [0.2, 0.25) is 0 Å². The van der Waals surface area contributed by atoms with Crippen molar-refractivity contribution in [1.82, 2.24) is 10.6 Å². The molecule has 27 heavy (non-hydrogen) atoms. The van der Waals surface area contributed by atoms with Gasteiger partial charge in [-0.05, 0) is 51.5 Å². The highest BCUT2D eigenvalue weighted by Crippen LogP contribution is 2.41. The van der Waals surface area contributed by atoms with Crippen molar-refractivity contribution in [3.8, 4) is 0 Å². The van der Waals surface area contributed by atoms with Gasteiger partial charge in [0.25, 0.3) is 0 Å². The van der Waals surface area contributed by atoms with Gasteiger partial charge in [-0.25, -0.2) is 0 Å². The van der Waals surface area contributed by atoms with Gasteiger partial charge in [-0.1, -0.05) is 75.6 Å². The van der Waals surface area contributed by atoms with Crippen molar-refractivity contribution in [1.29, 1.82) is 0 Å². The first kappa shape index (κ1) is 22.2. The van der Waals surface area contributed by atoms with Gasteiger partial charge in [0.05, 0.1) is 0 Å². The summed E-state index contributed by atoms with van der Waals surface area (Å²) in [5.41, 5.74) is 3.23. The molecule has 4 unspecified atom stereocenters. The minimum absolute atomic E-state index is 0.212. The van der Waals surface area contributed by atoms with E-state index in [0.29, 0.717) is 18.0 Å². The third-order valence-corrected chi connectivity index (χ3v) is 6.04. The lowest BCUT2D eigenvalue weighted by Crippen LogP contribution is -2.49. The first-order chi connectivity index (χ1) is 13.0. The van der Waals surface area contributed by atoms with Crippen LogP contribution in [0.1, 0.15) is 91.0 Å². The van der Waals surface area contributed by atoms with Gasteiger partial charge in [-0.15, -0.1) is 0 Å². The van der Waals surface area contributed by atoms with E-state index in [0.717, 1.165) is 19.4 Å². The molecule has 2 N–H and O–H groups in total. The Hall–Kier alpha value is -1.12. The van der Waals surface area contributed by atoms with Crippen molar-refractivity contribution in [3.63, 3.8) is 0 Å². The lowest BCUT2D eigenvalue weighted by Gasteiger charge is -2.34. The van der Waals surface area contributed by atoms with Crippen molar-refractivity contribution >= 4 is 0 Å². The van der Waals surface area contributed by atoms with Gasteiger partial charge in [-0.3, -0.25) is 0 Å². The van der Waals surface area contributed by atoms with Crippen LogP contribution in [0, 0.1) is 0 Å².